The second-order valence-corrected chi connectivity index (χ2v) is 9.02. The van der Waals surface area contributed by atoms with E-state index in [2.05, 4.69) is 0 Å². The predicted octanol–water partition coefficient (Wildman–Crippen LogP) is 6.60. The van der Waals surface area contributed by atoms with Crippen molar-refractivity contribution in [2.75, 3.05) is 19.1 Å². The molecule has 3 aromatic rings. The molecule has 4 rings (SSSR count). The zero-order valence-electron chi connectivity index (χ0n) is 18.9. The van der Waals surface area contributed by atoms with Crippen LogP contribution >= 0.6 is 34.8 Å². The number of anilines is 1. The first-order chi connectivity index (χ1) is 16.7. The Bertz CT molecular complexity index is 1370. The summed E-state index contributed by atoms with van der Waals surface area (Å²) in [6.07, 6.45) is 0. The molecule has 1 heterocycles. The average Bonchev–Trinajstić information content (AvgIpc) is 3.11. The molecule has 0 aliphatic carbocycles. The number of aryl methyl sites for hydroxylation is 1. The number of hydrogen-bond donors (Lipinski definition) is 1. The minimum Gasteiger partial charge on any atom is -0.507 e. The van der Waals surface area contributed by atoms with Crippen molar-refractivity contribution in [3.05, 3.63) is 91.9 Å². The fraction of sp³-hybridized carbons (Fsp3) is 0.154. The lowest BCUT2D eigenvalue weighted by atomic mass is 9.94. The molecule has 1 aliphatic rings. The molecule has 1 fully saturated rings. The highest BCUT2D eigenvalue weighted by Gasteiger charge is 2.47. The van der Waals surface area contributed by atoms with Gasteiger partial charge in [-0.05, 0) is 36.2 Å². The fourth-order valence-corrected chi connectivity index (χ4v) is 5.02. The van der Waals surface area contributed by atoms with Crippen LogP contribution in [-0.4, -0.2) is 31.0 Å². The number of aliphatic hydroxyl groups is 1. The molecule has 0 radical (unpaired) electrons. The van der Waals surface area contributed by atoms with Crippen molar-refractivity contribution in [1.29, 1.82) is 0 Å². The maximum atomic E-state index is 13.4. The van der Waals surface area contributed by atoms with Gasteiger partial charge in [0.05, 0.1) is 36.4 Å². The Morgan fingerprint density at radius 2 is 1.60 bits per heavy atom. The number of Topliss-reactive ketones (excluding diaryl/α,β-unsaturated/α-hetero) is 1. The Labute approximate surface area is 217 Å². The quantitative estimate of drug-likeness (QED) is 0.228. The van der Waals surface area contributed by atoms with E-state index < -0.39 is 23.5 Å². The number of methoxy groups -OCH3 is 2. The van der Waals surface area contributed by atoms with Gasteiger partial charge in [-0.1, -0.05) is 71.2 Å². The van der Waals surface area contributed by atoms with Gasteiger partial charge in [0.2, 0.25) is 0 Å². The Morgan fingerprint density at radius 1 is 0.943 bits per heavy atom. The van der Waals surface area contributed by atoms with Gasteiger partial charge < -0.3 is 14.6 Å². The van der Waals surface area contributed by atoms with Gasteiger partial charge in [0.15, 0.2) is 11.5 Å². The number of aliphatic hydroxyl groups excluding tert-OH is 1. The molecule has 6 nitrogen and oxygen atoms in total. The van der Waals surface area contributed by atoms with Crippen molar-refractivity contribution >= 4 is 57.9 Å². The zero-order chi connectivity index (χ0) is 25.4. The number of ketones is 1. The van der Waals surface area contributed by atoms with Crippen LogP contribution in [0.25, 0.3) is 5.76 Å². The molecule has 1 unspecified atom stereocenters. The van der Waals surface area contributed by atoms with Crippen LogP contribution in [-0.2, 0) is 9.59 Å². The van der Waals surface area contributed by atoms with Gasteiger partial charge in [-0.3, -0.25) is 14.5 Å². The number of nitrogens with zero attached hydrogens (tertiary/aromatic N) is 1. The number of amides is 1. The smallest absolute Gasteiger partial charge is 0.300 e. The van der Waals surface area contributed by atoms with E-state index in [0.29, 0.717) is 16.3 Å². The standard InChI is InChI=1S/C26H20Cl3NO5/c1-13-9-10-15(27)11-18(13)30-21(14-7-5-4-6-8-14)19(23(32)26(30)33)22(31)16-12-17(28)25(35-3)20(29)24(16)34-2/h4-12,21,31H,1-3H3/b22-19+. The average molecular weight is 533 g/mol. The third kappa shape index (κ3) is 4.22. The van der Waals surface area contributed by atoms with E-state index in [1.807, 2.05) is 6.07 Å². The number of hydrogen-bond acceptors (Lipinski definition) is 5. The van der Waals surface area contributed by atoms with E-state index in [1.165, 1.54) is 25.2 Å². The van der Waals surface area contributed by atoms with E-state index in [9.17, 15) is 14.7 Å². The van der Waals surface area contributed by atoms with Crippen molar-refractivity contribution < 1.29 is 24.2 Å². The Hall–Kier alpha value is -3.19. The molecule has 1 aliphatic heterocycles. The molecule has 1 atom stereocenters. The molecule has 1 amide bonds. The van der Waals surface area contributed by atoms with E-state index in [-0.39, 0.29) is 32.7 Å². The molecule has 1 saturated heterocycles. The minimum atomic E-state index is -0.947. The normalized spacial score (nSPS) is 17.1. The van der Waals surface area contributed by atoms with Crippen molar-refractivity contribution in [3.8, 4) is 11.5 Å². The van der Waals surface area contributed by atoms with Gasteiger partial charge in [0.1, 0.15) is 10.8 Å². The second-order valence-electron chi connectivity index (χ2n) is 7.80. The van der Waals surface area contributed by atoms with E-state index in [1.54, 1.807) is 49.4 Å². The molecule has 0 spiro atoms. The highest BCUT2D eigenvalue weighted by Crippen LogP contribution is 2.48. The topological polar surface area (TPSA) is 76.1 Å². The number of carbonyl (C=O) groups excluding carboxylic acids is 2. The first-order valence-corrected chi connectivity index (χ1v) is 11.6. The molecular weight excluding hydrogens is 513 g/mol. The van der Waals surface area contributed by atoms with Gasteiger partial charge in [-0.25, -0.2) is 0 Å². The third-order valence-electron chi connectivity index (χ3n) is 5.79. The Balaban J connectivity index is 2.04. The molecule has 0 saturated carbocycles. The lowest BCUT2D eigenvalue weighted by Gasteiger charge is -2.27. The van der Waals surface area contributed by atoms with Gasteiger partial charge in [0.25, 0.3) is 11.7 Å². The van der Waals surface area contributed by atoms with Gasteiger partial charge in [-0.15, -0.1) is 0 Å². The maximum Gasteiger partial charge on any atom is 0.300 e. The van der Waals surface area contributed by atoms with E-state index in [4.69, 9.17) is 44.3 Å². The molecule has 0 aromatic heterocycles. The highest BCUT2D eigenvalue weighted by molar-refractivity contribution is 6.52. The molecule has 0 bridgehead atoms. The van der Waals surface area contributed by atoms with E-state index in [0.717, 1.165) is 5.56 Å². The summed E-state index contributed by atoms with van der Waals surface area (Å²) in [5.74, 6) is -1.97. The number of benzene rings is 3. The van der Waals surface area contributed by atoms with Crippen LogP contribution in [0.2, 0.25) is 15.1 Å². The number of carbonyl (C=O) groups is 2. The molecular formula is C26H20Cl3NO5. The number of halogens is 3. The van der Waals surface area contributed by atoms with Crippen molar-refractivity contribution in [2.24, 2.45) is 0 Å². The van der Waals surface area contributed by atoms with Crippen LogP contribution in [0.15, 0.2) is 60.2 Å². The first kappa shape index (κ1) is 24.9. The molecule has 9 heteroatoms. The van der Waals surface area contributed by atoms with Crippen molar-refractivity contribution in [1.82, 2.24) is 0 Å². The van der Waals surface area contributed by atoms with Crippen LogP contribution in [0.1, 0.15) is 22.7 Å². The van der Waals surface area contributed by atoms with Crippen molar-refractivity contribution in [3.63, 3.8) is 0 Å². The summed E-state index contributed by atoms with van der Waals surface area (Å²) >= 11 is 19.0. The summed E-state index contributed by atoms with van der Waals surface area (Å²) in [6.45, 7) is 1.80. The Kier molecular flexibility index (Phi) is 6.99. The lowest BCUT2D eigenvalue weighted by Crippen LogP contribution is -2.30. The number of ether oxygens (including phenoxy) is 2. The summed E-state index contributed by atoms with van der Waals surface area (Å²) in [6, 6.07) is 14.4. The molecule has 3 aromatic carbocycles. The van der Waals surface area contributed by atoms with Crippen LogP contribution in [0.5, 0.6) is 11.5 Å². The lowest BCUT2D eigenvalue weighted by molar-refractivity contribution is -0.132. The molecule has 1 N–H and O–H groups in total. The summed E-state index contributed by atoms with van der Waals surface area (Å²) in [5.41, 5.74) is 1.69. The molecule has 180 valence electrons. The van der Waals surface area contributed by atoms with Crippen LogP contribution < -0.4 is 14.4 Å². The third-order valence-corrected chi connectivity index (χ3v) is 6.64. The molecule has 35 heavy (non-hydrogen) atoms. The summed E-state index contributed by atoms with van der Waals surface area (Å²) < 4.78 is 10.6. The van der Waals surface area contributed by atoms with Crippen LogP contribution in [0, 0.1) is 6.92 Å². The van der Waals surface area contributed by atoms with Gasteiger partial charge in [0, 0.05) is 10.7 Å². The van der Waals surface area contributed by atoms with Crippen LogP contribution in [0.4, 0.5) is 5.69 Å². The van der Waals surface area contributed by atoms with Gasteiger partial charge >= 0.3 is 0 Å². The van der Waals surface area contributed by atoms with Gasteiger partial charge in [-0.2, -0.15) is 0 Å². The zero-order valence-corrected chi connectivity index (χ0v) is 21.2. The highest BCUT2D eigenvalue weighted by atomic mass is 35.5. The summed E-state index contributed by atoms with van der Waals surface area (Å²) in [5, 5.41) is 12.0. The SMILES string of the molecule is COc1c(Cl)cc(/C(O)=C2\C(=O)C(=O)N(c3cc(Cl)ccc3C)C2c2ccccc2)c(OC)c1Cl. The second kappa shape index (κ2) is 9.82. The fourth-order valence-electron chi connectivity index (χ4n) is 4.17. The van der Waals surface area contributed by atoms with Crippen molar-refractivity contribution in [2.45, 2.75) is 13.0 Å². The number of rotatable bonds is 5. The summed E-state index contributed by atoms with van der Waals surface area (Å²) in [7, 11) is 2.74. The van der Waals surface area contributed by atoms with Crippen LogP contribution in [0.3, 0.4) is 0 Å². The minimum absolute atomic E-state index is 0.0141. The Morgan fingerprint density at radius 3 is 2.23 bits per heavy atom. The first-order valence-electron chi connectivity index (χ1n) is 10.4. The monoisotopic (exact) mass is 531 g/mol. The maximum absolute atomic E-state index is 13.4. The predicted molar refractivity (Wildman–Crippen MR) is 137 cm³/mol. The summed E-state index contributed by atoms with van der Waals surface area (Å²) in [4.78, 5) is 28.1. The van der Waals surface area contributed by atoms with E-state index >= 15 is 0 Å². The largest absolute Gasteiger partial charge is 0.507 e.